The van der Waals surface area contributed by atoms with Crippen molar-refractivity contribution in [2.45, 2.75) is 106 Å². The zero-order chi connectivity index (χ0) is 23.8. The van der Waals surface area contributed by atoms with Crippen LogP contribution in [0.1, 0.15) is 99.8 Å². The van der Waals surface area contributed by atoms with Gasteiger partial charge in [0.1, 0.15) is 11.9 Å². The van der Waals surface area contributed by atoms with Crippen molar-refractivity contribution in [1.29, 1.82) is 0 Å². The second kappa shape index (κ2) is 6.35. The Hall–Kier alpha value is -1.12. The molecule has 33 heavy (non-hydrogen) atoms. The lowest BCUT2D eigenvalue weighted by atomic mass is 9.34. The molecule has 5 fully saturated rings. The smallest absolute Gasteiger partial charge is 0.313 e. The number of ether oxygens (including phenoxy) is 1. The highest BCUT2D eigenvalue weighted by Gasteiger charge is 2.74. The van der Waals surface area contributed by atoms with Crippen molar-refractivity contribution < 1.29 is 14.3 Å². The Bertz CT molecular complexity index is 960. The van der Waals surface area contributed by atoms with Crippen LogP contribution in [0.15, 0.2) is 11.6 Å². The predicted octanol–water partition coefficient (Wildman–Crippen LogP) is 6.75. The van der Waals surface area contributed by atoms with Crippen LogP contribution < -0.4 is 0 Å². The number of ketones is 1. The van der Waals surface area contributed by atoms with E-state index in [1.807, 2.05) is 0 Å². The van der Waals surface area contributed by atoms with E-state index in [-0.39, 0.29) is 39.1 Å². The third-order valence-corrected chi connectivity index (χ3v) is 13.1. The lowest BCUT2D eigenvalue weighted by Crippen LogP contribution is -2.64. The Morgan fingerprint density at radius 3 is 2.39 bits per heavy atom. The molecule has 6 aliphatic rings. The highest BCUT2D eigenvalue weighted by Crippen LogP contribution is 2.77. The van der Waals surface area contributed by atoms with Gasteiger partial charge in [0.05, 0.1) is 5.41 Å². The Balaban J connectivity index is 1.46. The Labute approximate surface area is 200 Å². The molecule has 0 amide bonds. The molecule has 1 aliphatic heterocycles. The van der Waals surface area contributed by atoms with Crippen LogP contribution in [0.5, 0.6) is 0 Å². The molecule has 1 heterocycles. The minimum Gasteiger partial charge on any atom is -0.462 e. The molecule has 182 valence electrons. The number of fused-ring (bicyclic) bond motifs is 7. The number of hydrogen-bond donors (Lipinski definition) is 0. The first-order chi connectivity index (χ1) is 15.3. The molecule has 0 aromatic heterocycles. The quantitative estimate of drug-likeness (QED) is 0.326. The summed E-state index contributed by atoms with van der Waals surface area (Å²) in [5, 5.41) is 0. The van der Waals surface area contributed by atoms with Gasteiger partial charge in [-0.15, -0.1) is 0 Å². The summed E-state index contributed by atoms with van der Waals surface area (Å²) in [5.41, 5.74) is 1.76. The highest BCUT2D eigenvalue weighted by atomic mass is 16.6. The minimum atomic E-state index is -0.255. The number of carbonyl (C=O) groups is 2. The van der Waals surface area contributed by atoms with Gasteiger partial charge in [0.15, 0.2) is 0 Å². The van der Waals surface area contributed by atoms with Crippen LogP contribution in [0.3, 0.4) is 0 Å². The zero-order valence-electron chi connectivity index (χ0n) is 21.9. The minimum absolute atomic E-state index is 0.104. The SMILES string of the molecule is CC(C)[C@@H]1[C@@H]2C[C@@]3(CC[C@]4(C)C(=CC[C@@H]5[C@@]6(C)CCC(=O)C(C)(C)[C@@H]6CC[C@]54C)[C@@H]13)C(=O)O2. The van der Waals surface area contributed by atoms with Gasteiger partial charge in [0.2, 0.25) is 0 Å². The molecular formula is C30H44O3. The molecule has 1 spiro atoms. The number of esters is 1. The molecular weight excluding hydrogens is 408 g/mol. The van der Waals surface area contributed by atoms with E-state index in [4.69, 9.17) is 4.74 Å². The number of hydrogen-bond acceptors (Lipinski definition) is 3. The van der Waals surface area contributed by atoms with Gasteiger partial charge in [0.25, 0.3) is 0 Å². The monoisotopic (exact) mass is 452 g/mol. The molecule has 0 aromatic carbocycles. The summed E-state index contributed by atoms with van der Waals surface area (Å²) in [6.07, 6.45) is 11.1. The number of allylic oxidation sites excluding steroid dienone is 2. The normalized spacial score (nSPS) is 54.2. The van der Waals surface area contributed by atoms with E-state index in [0.29, 0.717) is 35.4 Å². The van der Waals surface area contributed by atoms with Crippen LogP contribution in [-0.2, 0) is 14.3 Å². The molecule has 2 bridgehead atoms. The first kappa shape index (κ1) is 22.4. The van der Waals surface area contributed by atoms with Crippen LogP contribution in [0, 0.1) is 56.7 Å². The number of carbonyl (C=O) groups excluding carboxylic acids is 2. The van der Waals surface area contributed by atoms with E-state index >= 15 is 0 Å². The molecule has 9 atom stereocenters. The van der Waals surface area contributed by atoms with Crippen molar-refractivity contribution in [3.8, 4) is 0 Å². The second-order valence-corrected chi connectivity index (χ2v) is 14.5. The molecule has 3 nitrogen and oxygen atoms in total. The average molecular weight is 453 g/mol. The Morgan fingerprint density at radius 1 is 0.970 bits per heavy atom. The van der Waals surface area contributed by atoms with Gasteiger partial charge in [-0.25, -0.2) is 0 Å². The molecule has 0 aromatic rings. The van der Waals surface area contributed by atoms with E-state index in [0.717, 1.165) is 38.5 Å². The summed E-state index contributed by atoms with van der Waals surface area (Å²) in [4.78, 5) is 26.1. The highest BCUT2D eigenvalue weighted by molar-refractivity contribution is 5.85. The number of Topliss-reactive ketones (excluding diaryl/α,β-unsaturated/α-hetero) is 1. The van der Waals surface area contributed by atoms with Gasteiger partial charge in [-0.2, -0.15) is 0 Å². The number of rotatable bonds is 1. The molecule has 0 N–H and O–H groups in total. The maximum absolute atomic E-state index is 13.2. The fraction of sp³-hybridized carbons (Fsp3) is 0.867. The summed E-state index contributed by atoms with van der Waals surface area (Å²) in [6.45, 7) is 16.8. The van der Waals surface area contributed by atoms with Gasteiger partial charge >= 0.3 is 5.97 Å². The summed E-state index contributed by atoms with van der Waals surface area (Å²) in [6, 6.07) is 0. The van der Waals surface area contributed by atoms with Crippen LogP contribution >= 0.6 is 0 Å². The summed E-state index contributed by atoms with van der Waals surface area (Å²) in [7, 11) is 0. The van der Waals surface area contributed by atoms with Crippen molar-refractivity contribution >= 4 is 11.8 Å². The Morgan fingerprint density at radius 2 is 1.70 bits per heavy atom. The van der Waals surface area contributed by atoms with Crippen molar-refractivity contribution in [1.82, 2.24) is 0 Å². The van der Waals surface area contributed by atoms with E-state index in [1.165, 1.54) is 12.8 Å². The van der Waals surface area contributed by atoms with E-state index in [9.17, 15) is 9.59 Å². The lowest BCUT2D eigenvalue weighted by molar-refractivity contribution is -0.189. The topological polar surface area (TPSA) is 43.4 Å². The first-order valence-corrected chi connectivity index (χ1v) is 13.8. The average Bonchev–Trinajstić information content (AvgIpc) is 3.23. The van der Waals surface area contributed by atoms with Gasteiger partial charge in [-0.1, -0.05) is 60.1 Å². The van der Waals surface area contributed by atoms with Gasteiger partial charge in [-0.05, 0) is 72.5 Å². The van der Waals surface area contributed by atoms with E-state index in [2.05, 4.69) is 54.5 Å². The fourth-order valence-electron chi connectivity index (χ4n) is 11.2. The molecule has 1 saturated heterocycles. The first-order valence-electron chi connectivity index (χ1n) is 13.8. The fourth-order valence-corrected chi connectivity index (χ4v) is 11.2. The molecule has 3 heteroatoms. The molecule has 4 saturated carbocycles. The maximum Gasteiger partial charge on any atom is 0.313 e. The van der Waals surface area contributed by atoms with E-state index in [1.54, 1.807) is 5.57 Å². The van der Waals surface area contributed by atoms with Gasteiger partial charge in [-0.3, -0.25) is 9.59 Å². The van der Waals surface area contributed by atoms with Gasteiger partial charge < -0.3 is 4.74 Å². The lowest BCUT2D eigenvalue weighted by Gasteiger charge is -2.70. The summed E-state index contributed by atoms with van der Waals surface area (Å²) in [5.74, 6) is 3.05. The van der Waals surface area contributed by atoms with Gasteiger partial charge in [0, 0.05) is 30.1 Å². The third kappa shape index (κ3) is 2.34. The van der Waals surface area contributed by atoms with Crippen molar-refractivity contribution in [3.05, 3.63) is 11.6 Å². The largest absolute Gasteiger partial charge is 0.462 e. The zero-order valence-corrected chi connectivity index (χ0v) is 21.9. The third-order valence-electron chi connectivity index (χ3n) is 13.1. The molecule has 0 radical (unpaired) electrons. The van der Waals surface area contributed by atoms with Crippen molar-refractivity contribution in [3.63, 3.8) is 0 Å². The van der Waals surface area contributed by atoms with Crippen LogP contribution in [-0.4, -0.2) is 17.9 Å². The summed E-state index contributed by atoms with van der Waals surface area (Å²) >= 11 is 0. The van der Waals surface area contributed by atoms with E-state index < -0.39 is 0 Å². The molecule has 0 unspecified atom stereocenters. The van der Waals surface area contributed by atoms with Crippen LogP contribution in [0.4, 0.5) is 0 Å². The van der Waals surface area contributed by atoms with Crippen LogP contribution in [0.25, 0.3) is 0 Å². The maximum atomic E-state index is 13.2. The Kier molecular flexibility index (Phi) is 4.30. The van der Waals surface area contributed by atoms with Crippen molar-refractivity contribution in [2.75, 3.05) is 0 Å². The summed E-state index contributed by atoms with van der Waals surface area (Å²) < 4.78 is 5.96. The van der Waals surface area contributed by atoms with Crippen molar-refractivity contribution in [2.24, 2.45) is 56.7 Å². The molecule has 6 rings (SSSR count). The molecule has 5 aliphatic carbocycles. The predicted molar refractivity (Wildman–Crippen MR) is 129 cm³/mol. The van der Waals surface area contributed by atoms with Crippen LogP contribution in [0.2, 0.25) is 0 Å². The standard InChI is InChI=1S/C30H44O3/c1-17(2)23-19-16-30(25(32)33-19)15-14-28(6)18(24(23)30)8-9-21-27(5)12-11-22(31)26(3,4)20(27)10-13-29(21,28)7/h8,17,19-21,23-24H,9-16H2,1-7H3/t19-,20-,21+,23+,24-,27-,28+,29+,30+/m0/s1. The second-order valence-electron chi connectivity index (χ2n) is 14.5.